The highest BCUT2D eigenvalue weighted by Crippen LogP contribution is 2.34. The lowest BCUT2D eigenvalue weighted by atomic mass is 10.1. The third-order valence-electron chi connectivity index (χ3n) is 5.73. The molecule has 2 heterocycles. The molecule has 176 valence electrons. The first kappa shape index (κ1) is 23.5. The van der Waals surface area contributed by atoms with Gasteiger partial charge in [0.1, 0.15) is 11.5 Å². The number of para-hydroxylation sites is 1. The quantitative estimate of drug-likeness (QED) is 0.509. The van der Waals surface area contributed by atoms with Crippen molar-refractivity contribution >= 4 is 12.4 Å². The van der Waals surface area contributed by atoms with Gasteiger partial charge in [-0.05, 0) is 18.6 Å². The molecule has 4 rings (SSSR count). The number of hydrogen-bond acceptors (Lipinski definition) is 6. The second kappa shape index (κ2) is 9.65. The summed E-state index contributed by atoms with van der Waals surface area (Å²) < 4.78 is 23.6. The lowest BCUT2D eigenvalue weighted by Gasteiger charge is -2.33. The predicted octanol–water partition coefficient (Wildman–Crippen LogP) is 5.68. The number of ether oxygens (including phenoxy) is 4. The van der Waals surface area contributed by atoms with Crippen LogP contribution < -0.4 is 9.47 Å². The highest BCUT2D eigenvalue weighted by Gasteiger charge is 2.29. The van der Waals surface area contributed by atoms with Crippen LogP contribution in [0.4, 0.5) is 0 Å². The summed E-state index contributed by atoms with van der Waals surface area (Å²) in [4.78, 5) is 9.60. The second-order valence-corrected chi connectivity index (χ2v) is 9.46. The Morgan fingerprint density at radius 3 is 2.45 bits per heavy atom. The summed E-state index contributed by atoms with van der Waals surface area (Å²) in [5, 5.41) is 0. The van der Waals surface area contributed by atoms with Crippen molar-refractivity contribution in [3.63, 3.8) is 0 Å². The molecule has 0 fully saturated rings. The summed E-state index contributed by atoms with van der Waals surface area (Å²) in [6.07, 6.45) is 5.84. The number of fused-ring (bicyclic) bond motifs is 2. The van der Waals surface area contributed by atoms with Gasteiger partial charge in [0.2, 0.25) is 11.6 Å². The predicted molar refractivity (Wildman–Crippen MR) is 131 cm³/mol. The number of nitrogens with zero attached hydrogens (tertiary/aromatic N) is 2. The molecule has 0 N–H and O–H groups in total. The molecule has 0 aliphatic carbocycles. The van der Waals surface area contributed by atoms with E-state index in [1.807, 2.05) is 70.5 Å². The lowest BCUT2D eigenvalue weighted by Crippen LogP contribution is -2.35. The van der Waals surface area contributed by atoms with Crippen LogP contribution in [0.5, 0.6) is 11.5 Å². The Bertz CT molecular complexity index is 1040. The molecule has 33 heavy (non-hydrogen) atoms. The summed E-state index contributed by atoms with van der Waals surface area (Å²) in [7, 11) is 0. The van der Waals surface area contributed by atoms with Gasteiger partial charge in [-0.15, -0.1) is 0 Å². The van der Waals surface area contributed by atoms with E-state index >= 15 is 0 Å². The van der Waals surface area contributed by atoms with Crippen LogP contribution in [-0.4, -0.2) is 36.6 Å². The fraction of sp³-hybridized carbons (Fsp3) is 0.481. The van der Waals surface area contributed by atoms with Gasteiger partial charge in [-0.2, -0.15) is 0 Å². The van der Waals surface area contributed by atoms with Gasteiger partial charge in [0.15, 0.2) is 0 Å². The molecule has 2 aliphatic heterocycles. The fourth-order valence-electron chi connectivity index (χ4n) is 3.97. The van der Waals surface area contributed by atoms with Crippen molar-refractivity contribution in [1.82, 2.24) is 0 Å². The third kappa shape index (κ3) is 5.81. The SMILES string of the molecule is CCCC(C/N=C/c1cccc2c1OC(C)(C)OC2)/N=C/c1cccc2c1COC(C)(C)O2. The maximum absolute atomic E-state index is 6.06. The van der Waals surface area contributed by atoms with Crippen molar-refractivity contribution in [3.05, 3.63) is 58.7 Å². The number of rotatable bonds is 7. The summed E-state index contributed by atoms with van der Waals surface area (Å²) in [6.45, 7) is 11.5. The zero-order valence-electron chi connectivity index (χ0n) is 20.3. The normalized spacial score (nSPS) is 19.5. The molecule has 0 saturated carbocycles. The molecular weight excluding hydrogens is 416 g/mol. The van der Waals surface area contributed by atoms with E-state index < -0.39 is 11.6 Å². The molecule has 2 aliphatic rings. The van der Waals surface area contributed by atoms with Crippen LogP contribution in [0.2, 0.25) is 0 Å². The number of aliphatic imine (C=N–C) groups is 2. The lowest BCUT2D eigenvalue weighted by molar-refractivity contribution is -0.180. The van der Waals surface area contributed by atoms with E-state index in [-0.39, 0.29) is 6.04 Å². The second-order valence-electron chi connectivity index (χ2n) is 9.46. The first-order valence-electron chi connectivity index (χ1n) is 11.7. The van der Waals surface area contributed by atoms with E-state index in [4.69, 9.17) is 28.9 Å². The van der Waals surface area contributed by atoms with Crippen LogP contribution in [0, 0.1) is 0 Å². The number of benzene rings is 2. The Balaban J connectivity index is 1.47. The molecule has 6 heteroatoms. The largest absolute Gasteiger partial charge is 0.463 e. The van der Waals surface area contributed by atoms with Gasteiger partial charge in [-0.1, -0.05) is 37.6 Å². The van der Waals surface area contributed by atoms with Crippen molar-refractivity contribution in [2.24, 2.45) is 9.98 Å². The highest BCUT2D eigenvalue weighted by molar-refractivity contribution is 5.85. The maximum Gasteiger partial charge on any atom is 0.205 e. The standard InChI is InChI=1S/C27H34N2O4/c1-6-9-22(29-15-19-10-8-13-24-23(19)18-31-26(2,3)32-24)16-28-14-20-11-7-12-21-17-30-27(4,5)33-25(20)21/h7-8,10-15,22H,6,9,16-18H2,1-5H3/b28-14+,29-15+. The van der Waals surface area contributed by atoms with Gasteiger partial charge < -0.3 is 18.9 Å². The van der Waals surface area contributed by atoms with Gasteiger partial charge in [-0.25, -0.2) is 0 Å². The number of hydrogen-bond donors (Lipinski definition) is 0. The minimum atomic E-state index is -0.635. The Hall–Kier alpha value is -2.70. The van der Waals surface area contributed by atoms with Crippen LogP contribution in [0.1, 0.15) is 69.7 Å². The highest BCUT2D eigenvalue weighted by atomic mass is 16.7. The molecule has 1 atom stereocenters. The molecule has 0 saturated heterocycles. The van der Waals surface area contributed by atoms with Gasteiger partial charge in [0.25, 0.3) is 0 Å². The molecule has 6 nitrogen and oxygen atoms in total. The van der Waals surface area contributed by atoms with E-state index in [0.29, 0.717) is 19.8 Å². The molecule has 2 aromatic rings. The van der Waals surface area contributed by atoms with Crippen molar-refractivity contribution in [3.8, 4) is 11.5 Å². The Morgan fingerprint density at radius 2 is 1.64 bits per heavy atom. The van der Waals surface area contributed by atoms with Gasteiger partial charge in [0, 0.05) is 62.4 Å². The minimum Gasteiger partial charge on any atom is -0.463 e. The molecule has 0 bridgehead atoms. The molecule has 0 amide bonds. The summed E-state index contributed by atoms with van der Waals surface area (Å²) >= 11 is 0. The van der Waals surface area contributed by atoms with E-state index in [2.05, 4.69) is 13.0 Å². The topological polar surface area (TPSA) is 61.6 Å². The van der Waals surface area contributed by atoms with Gasteiger partial charge in [0.05, 0.1) is 25.8 Å². The summed E-state index contributed by atoms with van der Waals surface area (Å²) in [5.74, 6) is 0.473. The Morgan fingerprint density at radius 1 is 0.909 bits per heavy atom. The van der Waals surface area contributed by atoms with E-state index in [1.54, 1.807) is 0 Å². The van der Waals surface area contributed by atoms with Crippen LogP contribution in [-0.2, 0) is 22.7 Å². The average Bonchev–Trinajstić information content (AvgIpc) is 2.76. The zero-order chi connectivity index (χ0) is 23.5. The van der Waals surface area contributed by atoms with Crippen molar-refractivity contribution < 1.29 is 18.9 Å². The Labute approximate surface area is 196 Å². The van der Waals surface area contributed by atoms with Crippen LogP contribution in [0.15, 0.2) is 46.4 Å². The van der Waals surface area contributed by atoms with E-state index in [1.165, 1.54) is 0 Å². The van der Waals surface area contributed by atoms with Gasteiger partial charge in [-0.3, -0.25) is 9.98 Å². The monoisotopic (exact) mass is 450 g/mol. The first-order valence-corrected chi connectivity index (χ1v) is 11.7. The molecule has 1 unspecified atom stereocenters. The summed E-state index contributed by atoms with van der Waals surface area (Å²) in [5.41, 5.74) is 4.08. The van der Waals surface area contributed by atoms with Crippen LogP contribution >= 0.6 is 0 Å². The smallest absolute Gasteiger partial charge is 0.205 e. The average molecular weight is 451 g/mol. The summed E-state index contributed by atoms with van der Waals surface area (Å²) in [6, 6.07) is 12.2. The van der Waals surface area contributed by atoms with E-state index in [0.717, 1.165) is 46.6 Å². The van der Waals surface area contributed by atoms with Crippen molar-refractivity contribution in [2.75, 3.05) is 6.54 Å². The maximum atomic E-state index is 6.06. The van der Waals surface area contributed by atoms with E-state index in [9.17, 15) is 0 Å². The van der Waals surface area contributed by atoms with Crippen LogP contribution in [0.25, 0.3) is 0 Å². The van der Waals surface area contributed by atoms with Gasteiger partial charge >= 0.3 is 0 Å². The third-order valence-corrected chi connectivity index (χ3v) is 5.73. The fourth-order valence-corrected chi connectivity index (χ4v) is 3.97. The molecule has 2 aromatic carbocycles. The minimum absolute atomic E-state index is 0.101. The van der Waals surface area contributed by atoms with Crippen molar-refractivity contribution in [1.29, 1.82) is 0 Å². The molecule has 0 radical (unpaired) electrons. The molecule has 0 spiro atoms. The Kier molecular flexibility index (Phi) is 6.86. The van der Waals surface area contributed by atoms with Crippen molar-refractivity contribution in [2.45, 2.75) is 78.3 Å². The molecular formula is C27H34N2O4. The molecule has 0 aromatic heterocycles. The van der Waals surface area contributed by atoms with Crippen LogP contribution in [0.3, 0.4) is 0 Å². The zero-order valence-corrected chi connectivity index (χ0v) is 20.3. The first-order chi connectivity index (χ1) is 15.8.